The van der Waals surface area contributed by atoms with E-state index in [0.717, 1.165) is 39.0 Å². The molecule has 0 spiro atoms. The third-order valence-corrected chi connectivity index (χ3v) is 4.44. The monoisotopic (exact) mass is 401 g/mol. The topological polar surface area (TPSA) is 126 Å². The standard InChI is InChI=1S/C18H27NO9/c1-10(20)25-14-9-24-17(16(27-12(3)22)15(14)26-11(2)21)19-18(23)28-13-7-5-4-6-8-13/h13-17H,4-9H2,1-3H3,(H,19,23). The normalized spacial score (nSPS) is 28.0. The maximum absolute atomic E-state index is 12.3. The maximum Gasteiger partial charge on any atom is 0.409 e. The molecular formula is C18H27NO9. The van der Waals surface area contributed by atoms with Crippen molar-refractivity contribution in [2.75, 3.05) is 6.61 Å². The van der Waals surface area contributed by atoms with Crippen molar-refractivity contribution >= 4 is 24.0 Å². The van der Waals surface area contributed by atoms with Gasteiger partial charge in [0.15, 0.2) is 24.5 Å². The molecule has 0 radical (unpaired) electrons. The first kappa shape index (κ1) is 21.9. The van der Waals surface area contributed by atoms with E-state index >= 15 is 0 Å². The molecule has 2 rings (SSSR count). The van der Waals surface area contributed by atoms with E-state index in [1.807, 2.05) is 0 Å². The zero-order valence-electron chi connectivity index (χ0n) is 16.3. The third kappa shape index (κ3) is 6.66. The van der Waals surface area contributed by atoms with Crippen molar-refractivity contribution in [1.82, 2.24) is 5.32 Å². The SMILES string of the molecule is CC(=O)OC1COC(NC(=O)OC2CCCCC2)C(OC(C)=O)C1OC(C)=O. The van der Waals surface area contributed by atoms with Crippen molar-refractivity contribution in [3.05, 3.63) is 0 Å². The summed E-state index contributed by atoms with van der Waals surface area (Å²) in [4.78, 5) is 46.6. The molecule has 4 unspecified atom stereocenters. The highest BCUT2D eigenvalue weighted by molar-refractivity contribution is 5.69. The van der Waals surface area contributed by atoms with Crippen LogP contribution in [0.15, 0.2) is 0 Å². The number of carbonyl (C=O) groups excluding carboxylic acids is 4. The Balaban J connectivity index is 2.09. The van der Waals surface area contributed by atoms with E-state index in [-0.39, 0.29) is 12.7 Å². The largest absolute Gasteiger partial charge is 0.456 e. The fourth-order valence-corrected chi connectivity index (χ4v) is 3.35. The Morgan fingerprint density at radius 1 is 0.786 bits per heavy atom. The van der Waals surface area contributed by atoms with Gasteiger partial charge in [0.1, 0.15) is 6.10 Å². The molecule has 1 aliphatic heterocycles. The zero-order chi connectivity index (χ0) is 20.7. The summed E-state index contributed by atoms with van der Waals surface area (Å²) in [6.07, 6.45) is -0.688. The lowest BCUT2D eigenvalue weighted by molar-refractivity contribution is -0.229. The molecule has 1 saturated heterocycles. The summed E-state index contributed by atoms with van der Waals surface area (Å²) in [7, 11) is 0. The van der Waals surface area contributed by atoms with E-state index in [4.69, 9.17) is 23.7 Å². The molecule has 10 nitrogen and oxygen atoms in total. The molecule has 2 fully saturated rings. The van der Waals surface area contributed by atoms with Crippen LogP contribution in [-0.4, -0.2) is 61.3 Å². The number of alkyl carbamates (subject to hydrolysis) is 1. The highest BCUT2D eigenvalue weighted by Crippen LogP contribution is 2.24. The molecule has 2 aliphatic rings. The number of nitrogens with one attached hydrogen (secondary N) is 1. The van der Waals surface area contributed by atoms with Gasteiger partial charge in [0.25, 0.3) is 0 Å². The molecule has 0 bridgehead atoms. The van der Waals surface area contributed by atoms with Gasteiger partial charge in [-0.3, -0.25) is 19.7 Å². The molecule has 10 heteroatoms. The van der Waals surface area contributed by atoms with Crippen LogP contribution in [0, 0.1) is 0 Å². The van der Waals surface area contributed by atoms with Crippen LogP contribution in [0.4, 0.5) is 4.79 Å². The van der Waals surface area contributed by atoms with Crippen LogP contribution in [0.2, 0.25) is 0 Å². The number of carbonyl (C=O) groups is 4. The van der Waals surface area contributed by atoms with Crippen LogP contribution in [0.1, 0.15) is 52.9 Å². The quantitative estimate of drug-likeness (QED) is 0.534. The number of hydrogen-bond donors (Lipinski definition) is 1. The van der Waals surface area contributed by atoms with Crippen molar-refractivity contribution in [2.24, 2.45) is 0 Å². The minimum absolute atomic E-state index is 0.163. The van der Waals surface area contributed by atoms with Gasteiger partial charge in [-0.05, 0) is 25.7 Å². The van der Waals surface area contributed by atoms with Crippen LogP contribution in [0.5, 0.6) is 0 Å². The Hall–Kier alpha value is -2.36. The molecule has 1 saturated carbocycles. The molecule has 1 amide bonds. The predicted molar refractivity (Wildman–Crippen MR) is 92.9 cm³/mol. The van der Waals surface area contributed by atoms with Gasteiger partial charge in [0, 0.05) is 20.8 Å². The van der Waals surface area contributed by atoms with E-state index in [9.17, 15) is 19.2 Å². The van der Waals surface area contributed by atoms with Crippen LogP contribution < -0.4 is 5.32 Å². The van der Waals surface area contributed by atoms with Crippen LogP contribution >= 0.6 is 0 Å². The Labute approximate surface area is 163 Å². The summed E-state index contributed by atoms with van der Waals surface area (Å²) >= 11 is 0. The molecule has 0 aromatic heterocycles. The molecule has 1 aliphatic carbocycles. The second-order valence-electron chi connectivity index (χ2n) is 6.86. The smallest absolute Gasteiger partial charge is 0.409 e. The molecule has 158 valence electrons. The number of rotatable bonds is 5. The van der Waals surface area contributed by atoms with Gasteiger partial charge in [-0.2, -0.15) is 0 Å². The molecule has 1 heterocycles. The fraction of sp³-hybridized carbons (Fsp3) is 0.778. The van der Waals surface area contributed by atoms with Gasteiger partial charge in [-0.25, -0.2) is 4.79 Å². The number of amides is 1. The highest BCUT2D eigenvalue weighted by atomic mass is 16.7. The van der Waals surface area contributed by atoms with Crippen molar-refractivity contribution in [1.29, 1.82) is 0 Å². The lowest BCUT2D eigenvalue weighted by Gasteiger charge is -2.40. The van der Waals surface area contributed by atoms with Crippen molar-refractivity contribution < 1.29 is 42.9 Å². The van der Waals surface area contributed by atoms with E-state index in [2.05, 4.69) is 5.32 Å². The molecule has 4 atom stereocenters. The predicted octanol–water partition coefficient (Wildman–Crippen LogP) is 1.20. The Morgan fingerprint density at radius 3 is 1.93 bits per heavy atom. The first-order valence-electron chi connectivity index (χ1n) is 9.36. The molecule has 1 N–H and O–H groups in total. The minimum Gasteiger partial charge on any atom is -0.456 e. The Bertz CT molecular complexity index is 588. The van der Waals surface area contributed by atoms with E-state index in [0.29, 0.717) is 0 Å². The number of ether oxygens (including phenoxy) is 5. The summed E-state index contributed by atoms with van der Waals surface area (Å²) in [5.74, 6) is -1.96. The second-order valence-corrected chi connectivity index (χ2v) is 6.86. The lowest BCUT2D eigenvalue weighted by Crippen LogP contribution is -2.62. The van der Waals surface area contributed by atoms with E-state index in [1.54, 1.807) is 0 Å². The van der Waals surface area contributed by atoms with Gasteiger partial charge < -0.3 is 23.7 Å². The molecule has 0 aromatic rings. The summed E-state index contributed by atoms with van der Waals surface area (Å²) in [5.41, 5.74) is 0. The first-order valence-corrected chi connectivity index (χ1v) is 9.36. The van der Waals surface area contributed by atoms with Gasteiger partial charge in [0.05, 0.1) is 6.61 Å². The number of esters is 3. The summed E-state index contributed by atoms with van der Waals surface area (Å²) in [5, 5.41) is 2.51. The fourth-order valence-electron chi connectivity index (χ4n) is 3.35. The number of hydrogen-bond acceptors (Lipinski definition) is 9. The lowest BCUT2D eigenvalue weighted by atomic mass is 9.98. The van der Waals surface area contributed by atoms with Crippen LogP contribution in [-0.2, 0) is 38.1 Å². The van der Waals surface area contributed by atoms with E-state index in [1.165, 1.54) is 13.8 Å². The maximum atomic E-state index is 12.3. The Morgan fingerprint density at radius 2 is 1.36 bits per heavy atom. The average Bonchev–Trinajstić information content (AvgIpc) is 2.59. The summed E-state index contributed by atoms with van der Waals surface area (Å²) in [6, 6.07) is 0. The van der Waals surface area contributed by atoms with Crippen LogP contribution in [0.3, 0.4) is 0 Å². The van der Waals surface area contributed by atoms with Crippen molar-refractivity contribution in [2.45, 2.75) is 83.5 Å². The van der Waals surface area contributed by atoms with Gasteiger partial charge in [-0.1, -0.05) is 6.42 Å². The van der Waals surface area contributed by atoms with Crippen LogP contribution in [0.25, 0.3) is 0 Å². The second kappa shape index (κ2) is 10.3. The summed E-state index contributed by atoms with van der Waals surface area (Å²) in [6.45, 7) is 3.36. The van der Waals surface area contributed by atoms with Crippen molar-refractivity contribution in [3.63, 3.8) is 0 Å². The van der Waals surface area contributed by atoms with Gasteiger partial charge in [-0.15, -0.1) is 0 Å². The molecular weight excluding hydrogens is 374 g/mol. The van der Waals surface area contributed by atoms with Crippen molar-refractivity contribution in [3.8, 4) is 0 Å². The average molecular weight is 401 g/mol. The summed E-state index contributed by atoms with van der Waals surface area (Å²) < 4.78 is 26.5. The highest BCUT2D eigenvalue weighted by Gasteiger charge is 2.47. The minimum atomic E-state index is -1.21. The molecule has 0 aromatic carbocycles. The first-order chi connectivity index (χ1) is 13.3. The van der Waals surface area contributed by atoms with Gasteiger partial charge in [0.2, 0.25) is 0 Å². The third-order valence-electron chi connectivity index (χ3n) is 4.44. The zero-order valence-corrected chi connectivity index (χ0v) is 16.3. The Kier molecular flexibility index (Phi) is 8.04. The van der Waals surface area contributed by atoms with Gasteiger partial charge >= 0.3 is 24.0 Å². The molecule has 28 heavy (non-hydrogen) atoms. The van der Waals surface area contributed by atoms with E-state index < -0.39 is 48.5 Å².